The summed E-state index contributed by atoms with van der Waals surface area (Å²) in [5, 5.41) is 3.45. The van der Waals surface area contributed by atoms with Gasteiger partial charge in [-0.2, -0.15) is 0 Å². The Morgan fingerprint density at radius 2 is 1.86 bits per heavy atom. The summed E-state index contributed by atoms with van der Waals surface area (Å²) in [6, 6.07) is 4.12. The lowest BCUT2D eigenvalue weighted by molar-refractivity contribution is 0.0386. The van der Waals surface area contributed by atoms with Gasteiger partial charge in [-0.25, -0.2) is 0 Å². The van der Waals surface area contributed by atoms with Crippen LogP contribution in [-0.4, -0.2) is 30.3 Å². The van der Waals surface area contributed by atoms with Gasteiger partial charge in [-0.1, -0.05) is 19.4 Å². The van der Waals surface area contributed by atoms with Gasteiger partial charge in [0.1, 0.15) is 0 Å². The van der Waals surface area contributed by atoms with Gasteiger partial charge in [-0.05, 0) is 38.8 Å². The summed E-state index contributed by atoms with van der Waals surface area (Å²) in [4.78, 5) is 4.42. The Bertz CT molecular complexity index is 371. The van der Waals surface area contributed by atoms with Crippen molar-refractivity contribution >= 4 is 0 Å². The van der Waals surface area contributed by atoms with E-state index in [1.165, 1.54) is 12.0 Å². The maximum Gasteiger partial charge on any atom is 0.0889 e. The molecule has 0 aliphatic heterocycles. The van der Waals surface area contributed by atoms with E-state index in [4.69, 9.17) is 9.47 Å². The first-order valence-corrected chi connectivity index (χ1v) is 7.85. The fraction of sp³-hybridized carbons (Fsp3) is 0.706. The van der Waals surface area contributed by atoms with Gasteiger partial charge in [-0.15, -0.1) is 0 Å². The molecule has 0 saturated heterocycles. The lowest BCUT2D eigenvalue weighted by Gasteiger charge is -2.20. The summed E-state index contributed by atoms with van der Waals surface area (Å²) in [5.41, 5.74) is 2.28. The zero-order valence-electron chi connectivity index (χ0n) is 13.9. The van der Waals surface area contributed by atoms with Crippen LogP contribution in [-0.2, 0) is 22.6 Å². The van der Waals surface area contributed by atoms with E-state index in [0.29, 0.717) is 19.8 Å². The second-order valence-corrected chi connectivity index (χ2v) is 6.28. The van der Waals surface area contributed by atoms with Crippen LogP contribution in [0.15, 0.2) is 18.3 Å². The quantitative estimate of drug-likeness (QED) is 0.672. The summed E-state index contributed by atoms with van der Waals surface area (Å²) in [6.45, 7) is 12.1. The normalized spacial score (nSPS) is 11.8. The van der Waals surface area contributed by atoms with Crippen LogP contribution in [0, 0.1) is 0 Å². The molecular weight excluding hydrogens is 264 g/mol. The number of unbranched alkanes of at least 4 members (excludes halogenated alkanes) is 1. The van der Waals surface area contributed by atoms with Crippen LogP contribution in [0.25, 0.3) is 0 Å². The molecule has 0 aromatic carbocycles. The molecule has 0 aliphatic rings. The second-order valence-electron chi connectivity index (χ2n) is 6.28. The fourth-order valence-electron chi connectivity index (χ4n) is 1.66. The molecule has 0 spiro atoms. The Morgan fingerprint density at radius 3 is 2.48 bits per heavy atom. The van der Waals surface area contributed by atoms with Crippen molar-refractivity contribution in [1.29, 1.82) is 0 Å². The lowest BCUT2D eigenvalue weighted by Crippen LogP contribution is -2.35. The molecule has 4 heteroatoms. The van der Waals surface area contributed by atoms with Crippen molar-refractivity contribution in [3.63, 3.8) is 0 Å². The monoisotopic (exact) mass is 294 g/mol. The highest BCUT2D eigenvalue weighted by atomic mass is 16.5. The number of pyridine rings is 1. The smallest absolute Gasteiger partial charge is 0.0889 e. The number of hydrogen-bond donors (Lipinski definition) is 1. The van der Waals surface area contributed by atoms with Crippen molar-refractivity contribution in [3.8, 4) is 0 Å². The molecule has 1 aromatic heterocycles. The Kier molecular flexibility index (Phi) is 8.50. The van der Waals surface area contributed by atoms with Gasteiger partial charge in [-0.3, -0.25) is 4.98 Å². The number of nitrogens with zero attached hydrogens (tertiary/aromatic N) is 1. The van der Waals surface area contributed by atoms with Gasteiger partial charge >= 0.3 is 0 Å². The average Bonchev–Trinajstić information content (AvgIpc) is 2.44. The highest BCUT2D eigenvalue weighted by molar-refractivity contribution is 5.13. The van der Waals surface area contributed by atoms with Gasteiger partial charge < -0.3 is 14.8 Å². The van der Waals surface area contributed by atoms with Crippen molar-refractivity contribution in [2.45, 2.75) is 59.2 Å². The summed E-state index contributed by atoms with van der Waals surface area (Å²) < 4.78 is 11.0. The maximum atomic E-state index is 5.55. The van der Waals surface area contributed by atoms with Crippen molar-refractivity contribution in [2.24, 2.45) is 0 Å². The van der Waals surface area contributed by atoms with Crippen LogP contribution >= 0.6 is 0 Å². The van der Waals surface area contributed by atoms with Crippen LogP contribution in [0.4, 0.5) is 0 Å². The molecule has 0 fully saturated rings. The zero-order valence-corrected chi connectivity index (χ0v) is 13.9. The van der Waals surface area contributed by atoms with Gasteiger partial charge in [0.05, 0.1) is 25.5 Å². The predicted molar refractivity (Wildman–Crippen MR) is 86.2 cm³/mol. The molecule has 0 saturated carbocycles. The molecule has 0 atom stereocenters. The first-order chi connectivity index (χ1) is 10.0. The second kappa shape index (κ2) is 9.87. The van der Waals surface area contributed by atoms with Crippen LogP contribution in [0.3, 0.4) is 0 Å². The standard InChI is InChI=1S/C17H30N2O2/c1-5-6-9-20-10-11-21-14-16-8-7-15(12-18-16)13-19-17(2,3)4/h7-8,12,19H,5-6,9-11,13-14H2,1-4H3. The summed E-state index contributed by atoms with van der Waals surface area (Å²) >= 11 is 0. The van der Waals surface area contributed by atoms with Crippen LogP contribution in [0.2, 0.25) is 0 Å². The van der Waals surface area contributed by atoms with Crippen LogP contribution in [0.1, 0.15) is 51.8 Å². The van der Waals surface area contributed by atoms with Crippen molar-refractivity contribution in [2.75, 3.05) is 19.8 Å². The summed E-state index contributed by atoms with van der Waals surface area (Å²) in [7, 11) is 0. The predicted octanol–water partition coefficient (Wildman–Crippen LogP) is 3.30. The van der Waals surface area contributed by atoms with E-state index in [9.17, 15) is 0 Å². The minimum atomic E-state index is 0.125. The third-order valence-corrected chi connectivity index (χ3v) is 2.97. The average molecular weight is 294 g/mol. The van der Waals surface area contributed by atoms with Gasteiger partial charge in [0.15, 0.2) is 0 Å². The number of hydrogen-bond acceptors (Lipinski definition) is 4. The topological polar surface area (TPSA) is 43.4 Å². The Morgan fingerprint density at radius 1 is 1.10 bits per heavy atom. The van der Waals surface area contributed by atoms with Crippen LogP contribution in [0.5, 0.6) is 0 Å². The number of aromatic nitrogens is 1. The molecule has 1 rings (SSSR count). The number of nitrogens with one attached hydrogen (secondary N) is 1. The molecule has 21 heavy (non-hydrogen) atoms. The minimum Gasteiger partial charge on any atom is -0.379 e. The summed E-state index contributed by atoms with van der Waals surface area (Å²) in [5.74, 6) is 0. The Hall–Kier alpha value is -0.970. The molecule has 0 aliphatic carbocycles. The first-order valence-electron chi connectivity index (χ1n) is 7.85. The number of rotatable bonds is 10. The van der Waals surface area contributed by atoms with E-state index in [2.05, 4.69) is 44.1 Å². The number of ether oxygens (including phenoxy) is 2. The SMILES string of the molecule is CCCCOCCOCc1ccc(CNC(C)(C)C)cn1. The van der Waals surface area contributed by atoms with Crippen molar-refractivity contribution < 1.29 is 9.47 Å². The van der Waals surface area contributed by atoms with E-state index >= 15 is 0 Å². The van der Waals surface area contributed by atoms with Gasteiger partial charge in [0.2, 0.25) is 0 Å². The molecule has 0 radical (unpaired) electrons. The highest BCUT2D eigenvalue weighted by Crippen LogP contribution is 2.05. The van der Waals surface area contributed by atoms with E-state index in [0.717, 1.165) is 25.3 Å². The van der Waals surface area contributed by atoms with Gasteiger partial charge in [0, 0.05) is 24.9 Å². The minimum absolute atomic E-state index is 0.125. The van der Waals surface area contributed by atoms with Crippen LogP contribution < -0.4 is 5.32 Å². The maximum absolute atomic E-state index is 5.55. The molecule has 4 nitrogen and oxygen atoms in total. The molecule has 1 aromatic rings. The zero-order chi connectivity index (χ0) is 15.6. The van der Waals surface area contributed by atoms with E-state index in [1.54, 1.807) is 0 Å². The molecule has 120 valence electrons. The first kappa shape index (κ1) is 18.1. The highest BCUT2D eigenvalue weighted by Gasteiger charge is 2.08. The third-order valence-electron chi connectivity index (χ3n) is 2.97. The largest absolute Gasteiger partial charge is 0.379 e. The molecule has 0 unspecified atom stereocenters. The van der Waals surface area contributed by atoms with E-state index in [-0.39, 0.29) is 5.54 Å². The lowest BCUT2D eigenvalue weighted by atomic mass is 10.1. The van der Waals surface area contributed by atoms with Crippen molar-refractivity contribution in [3.05, 3.63) is 29.6 Å². The van der Waals surface area contributed by atoms with E-state index < -0.39 is 0 Å². The van der Waals surface area contributed by atoms with Crippen molar-refractivity contribution in [1.82, 2.24) is 10.3 Å². The fourth-order valence-corrected chi connectivity index (χ4v) is 1.66. The molecule has 1 heterocycles. The Labute approximate surface area is 129 Å². The molecule has 1 N–H and O–H groups in total. The molecule has 0 bridgehead atoms. The van der Waals surface area contributed by atoms with Gasteiger partial charge in [0.25, 0.3) is 0 Å². The molecular formula is C17H30N2O2. The third kappa shape index (κ3) is 9.56. The molecule has 0 amide bonds. The summed E-state index contributed by atoms with van der Waals surface area (Å²) in [6.07, 6.45) is 4.20. The van der Waals surface area contributed by atoms with E-state index in [1.807, 2.05) is 12.3 Å². The Balaban J connectivity index is 2.16.